The van der Waals surface area contributed by atoms with Crippen molar-refractivity contribution < 1.29 is 24.7 Å². The highest BCUT2D eigenvalue weighted by atomic mass is 16.6. The molecule has 1 aromatic rings. The van der Waals surface area contributed by atoms with Crippen LogP contribution in [0.4, 0.5) is 5.69 Å². The lowest BCUT2D eigenvalue weighted by Crippen LogP contribution is -2.30. The van der Waals surface area contributed by atoms with Crippen LogP contribution in [0.2, 0.25) is 0 Å². The number of nitrogens with zero attached hydrogens (tertiary/aromatic N) is 3. The van der Waals surface area contributed by atoms with Crippen LogP contribution in [0.3, 0.4) is 0 Å². The molecule has 3 aliphatic carbocycles. The van der Waals surface area contributed by atoms with Gasteiger partial charge in [0.1, 0.15) is 5.75 Å². The van der Waals surface area contributed by atoms with Crippen LogP contribution in [-0.4, -0.2) is 38.2 Å². The van der Waals surface area contributed by atoms with E-state index in [-0.39, 0.29) is 34.6 Å². The summed E-state index contributed by atoms with van der Waals surface area (Å²) in [6.45, 7) is 0. The second-order valence-corrected chi connectivity index (χ2v) is 7.61. The van der Waals surface area contributed by atoms with E-state index in [1.165, 1.54) is 0 Å². The predicted molar refractivity (Wildman–Crippen MR) is 90.6 cm³/mol. The van der Waals surface area contributed by atoms with Crippen molar-refractivity contribution >= 4 is 23.7 Å². The van der Waals surface area contributed by atoms with E-state index in [0.717, 1.165) is 36.2 Å². The summed E-state index contributed by atoms with van der Waals surface area (Å²) in [4.78, 5) is 35.7. The van der Waals surface area contributed by atoms with Crippen molar-refractivity contribution in [3.8, 4) is 11.5 Å². The van der Waals surface area contributed by atoms with E-state index in [9.17, 15) is 29.9 Å². The molecule has 0 unspecified atom stereocenters. The number of benzene rings is 1. The number of rotatable bonds is 3. The first kappa shape index (κ1) is 16.0. The first-order valence-corrected chi connectivity index (χ1v) is 8.65. The van der Waals surface area contributed by atoms with Gasteiger partial charge in [0.25, 0.3) is 11.8 Å². The monoisotopic (exact) mass is 369 g/mol. The van der Waals surface area contributed by atoms with Gasteiger partial charge in [0, 0.05) is 17.7 Å². The SMILES string of the molecule is O=C1[C@@H]2[C@H](C(=O)N1/N=C\c1cc([N+](=O)[O-])c(O)cc1O)[C@H]1C=C[C@@H]2C12CC2. The molecule has 138 valence electrons. The highest BCUT2D eigenvalue weighted by Gasteiger charge is 2.73. The molecule has 4 aliphatic rings. The van der Waals surface area contributed by atoms with E-state index in [1.54, 1.807) is 0 Å². The van der Waals surface area contributed by atoms with E-state index in [2.05, 4.69) is 5.10 Å². The molecular formula is C18H15N3O6. The summed E-state index contributed by atoms with van der Waals surface area (Å²) in [6, 6.07) is 1.76. The summed E-state index contributed by atoms with van der Waals surface area (Å²) >= 11 is 0. The molecule has 27 heavy (non-hydrogen) atoms. The van der Waals surface area contributed by atoms with Crippen LogP contribution < -0.4 is 0 Å². The Bertz CT molecular complexity index is 946. The van der Waals surface area contributed by atoms with Gasteiger partial charge in [-0.1, -0.05) is 12.2 Å². The Morgan fingerprint density at radius 2 is 1.70 bits per heavy atom. The number of carbonyl (C=O) groups is 2. The Morgan fingerprint density at radius 1 is 1.11 bits per heavy atom. The second kappa shape index (κ2) is 4.93. The number of amides is 2. The highest BCUT2D eigenvalue weighted by molar-refractivity contribution is 6.07. The maximum absolute atomic E-state index is 12.8. The molecule has 2 saturated carbocycles. The molecule has 2 N–H and O–H groups in total. The molecular weight excluding hydrogens is 354 g/mol. The molecule has 3 fully saturated rings. The number of hydrogen-bond acceptors (Lipinski definition) is 7. The number of hydrazone groups is 1. The quantitative estimate of drug-likeness (QED) is 0.273. The van der Waals surface area contributed by atoms with Gasteiger partial charge < -0.3 is 10.2 Å². The number of carbonyl (C=O) groups excluding carboxylic acids is 2. The third-order valence-electron chi connectivity index (χ3n) is 6.46. The molecule has 9 nitrogen and oxygen atoms in total. The molecule has 0 radical (unpaired) electrons. The molecule has 1 aliphatic heterocycles. The van der Waals surface area contributed by atoms with Crippen LogP contribution in [0.1, 0.15) is 18.4 Å². The lowest BCUT2D eigenvalue weighted by molar-refractivity contribution is -0.385. The molecule has 5 rings (SSSR count). The van der Waals surface area contributed by atoms with E-state index in [1.807, 2.05) is 12.2 Å². The van der Waals surface area contributed by atoms with Gasteiger partial charge in [0.2, 0.25) is 0 Å². The van der Waals surface area contributed by atoms with Crippen LogP contribution >= 0.6 is 0 Å². The Balaban J connectivity index is 1.45. The molecule has 1 aromatic carbocycles. The summed E-state index contributed by atoms with van der Waals surface area (Å²) in [5, 5.41) is 35.0. The fraction of sp³-hybridized carbons (Fsp3) is 0.389. The van der Waals surface area contributed by atoms with Crippen molar-refractivity contribution in [3.63, 3.8) is 0 Å². The topological polar surface area (TPSA) is 133 Å². The molecule has 4 atom stereocenters. The number of nitro groups is 1. The minimum Gasteiger partial charge on any atom is -0.507 e. The Morgan fingerprint density at radius 3 is 2.22 bits per heavy atom. The van der Waals surface area contributed by atoms with E-state index in [4.69, 9.17) is 0 Å². The summed E-state index contributed by atoms with van der Waals surface area (Å²) in [5.41, 5.74) is -0.591. The summed E-state index contributed by atoms with van der Waals surface area (Å²) < 4.78 is 0. The van der Waals surface area contributed by atoms with Crippen LogP contribution in [0.15, 0.2) is 29.4 Å². The maximum atomic E-state index is 12.8. The molecule has 2 amide bonds. The van der Waals surface area contributed by atoms with Crippen LogP contribution in [0.5, 0.6) is 11.5 Å². The number of phenolic OH excluding ortho intramolecular Hbond substituents is 2. The van der Waals surface area contributed by atoms with Crippen molar-refractivity contribution in [3.05, 3.63) is 40.0 Å². The normalized spacial score (nSPS) is 32.1. The standard InChI is InChI=1S/C18H15N3O6/c22-12-6-13(23)11(21(26)27)5-8(12)7-19-20-16(24)14-9-1-2-10(15(14)17(20)25)18(9)3-4-18/h1-2,5-7,9-10,14-15,22-23H,3-4H2/b19-7-/t9-,10+,14-,15+. The third kappa shape index (κ3) is 1.91. The lowest BCUT2D eigenvalue weighted by atomic mass is 9.85. The minimum atomic E-state index is -0.804. The zero-order valence-corrected chi connectivity index (χ0v) is 14.0. The lowest BCUT2D eigenvalue weighted by Gasteiger charge is -2.18. The van der Waals surface area contributed by atoms with Gasteiger partial charge in [-0.15, -0.1) is 0 Å². The third-order valence-corrected chi connectivity index (χ3v) is 6.46. The van der Waals surface area contributed by atoms with Crippen molar-refractivity contribution in [1.82, 2.24) is 5.01 Å². The molecule has 0 aromatic heterocycles. The zero-order chi connectivity index (χ0) is 19.1. The Hall–Kier alpha value is -3.23. The van der Waals surface area contributed by atoms with Gasteiger partial charge >= 0.3 is 5.69 Å². The average molecular weight is 369 g/mol. The van der Waals surface area contributed by atoms with Crippen molar-refractivity contribution in [2.45, 2.75) is 12.8 Å². The molecule has 2 bridgehead atoms. The van der Waals surface area contributed by atoms with E-state index in [0.29, 0.717) is 0 Å². The van der Waals surface area contributed by atoms with Crippen molar-refractivity contribution in [1.29, 1.82) is 0 Å². The van der Waals surface area contributed by atoms with Crippen LogP contribution in [0.25, 0.3) is 0 Å². The van der Waals surface area contributed by atoms with Gasteiger partial charge in [-0.05, 0) is 30.1 Å². The fourth-order valence-corrected chi connectivity index (χ4v) is 5.13. The molecule has 1 heterocycles. The summed E-state index contributed by atoms with van der Waals surface area (Å²) in [6.07, 6.45) is 7.20. The second-order valence-electron chi connectivity index (χ2n) is 7.61. The minimum absolute atomic E-state index is 0.0723. The van der Waals surface area contributed by atoms with E-state index < -0.39 is 33.9 Å². The van der Waals surface area contributed by atoms with Crippen molar-refractivity contribution in [2.75, 3.05) is 0 Å². The molecule has 1 spiro atoms. The fourth-order valence-electron chi connectivity index (χ4n) is 5.13. The van der Waals surface area contributed by atoms with Gasteiger partial charge in [-0.25, -0.2) is 0 Å². The first-order valence-electron chi connectivity index (χ1n) is 8.65. The molecule has 9 heteroatoms. The number of hydrogen-bond donors (Lipinski definition) is 2. The van der Waals surface area contributed by atoms with Crippen molar-refractivity contribution in [2.24, 2.45) is 34.2 Å². The number of nitro benzene ring substituents is 1. The average Bonchev–Trinajstić information content (AvgIpc) is 3.21. The number of fused-ring (bicyclic) bond motifs is 3. The predicted octanol–water partition coefficient (Wildman–Crippen LogP) is 1.54. The maximum Gasteiger partial charge on any atom is 0.311 e. The Kier molecular flexibility index (Phi) is 2.92. The van der Waals surface area contributed by atoms with Gasteiger partial charge in [0.05, 0.1) is 23.0 Å². The smallest absolute Gasteiger partial charge is 0.311 e. The number of imide groups is 1. The number of aromatic hydroxyl groups is 2. The zero-order valence-electron chi connectivity index (χ0n) is 14.0. The van der Waals surface area contributed by atoms with Gasteiger partial charge in [-0.3, -0.25) is 19.7 Å². The highest BCUT2D eigenvalue weighted by Crippen LogP contribution is 2.73. The van der Waals surface area contributed by atoms with Crippen LogP contribution in [-0.2, 0) is 9.59 Å². The van der Waals surface area contributed by atoms with Gasteiger partial charge in [-0.2, -0.15) is 10.1 Å². The van der Waals surface area contributed by atoms with Gasteiger partial charge in [0.15, 0.2) is 5.75 Å². The summed E-state index contributed by atoms with van der Waals surface area (Å²) in [7, 11) is 0. The molecule has 1 saturated heterocycles. The van der Waals surface area contributed by atoms with Crippen LogP contribution in [0, 0.1) is 39.2 Å². The number of phenols is 2. The largest absolute Gasteiger partial charge is 0.507 e. The number of allylic oxidation sites excluding steroid dienone is 2. The first-order chi connectivity index (χ1) is 12.8. The Labute approximate surface area is 152 Å². The summed E-state index contributed by atoms with van der Waals surface area (Å²) in [5.74, 6) is -2.49. The van der Waals surface area contributed by atoms with E-state index >= 15 is 0 Å².